The van der Waals surface area contributed by atoms with E-state index in [0.717, 1.165) is 0 Å². The molecule has 1 nitrogen and oxygen atoms in total. The van der Waals surface area contributed by atoms with Gasteiger partial charge < -0.3 is 17.3 Å². The Morgan fingerprint density at radius 1 is 0.152 bits per heavy atom. The molecule has 0 aliphatic heterocycles. The standard InChI is InChI=1S/C84H174NP2.BF4/c1-7-13-19-25-31-37-43-49-55-61-67-73-79-86(80-74-68-62-56-50-44-38-32-26-20-14-8-2,81-75-69-63-57-51-45-39-33-27-21-15-9-3)85-87(82-76-70-64-58-52-46-40-34-28-22-16-10-4,83-77-71-65-59-53-47-41-35-29-23-17-11-5)84-78-72-66-60-54-48-42-36-30-24-18-12-6;2-1(3,4)5/h7-84H2,1-6H3;/q+1;-1. The molecule has 0 unspecified atom stereocenters. The van der Waals surface area contributed by atoms with Crippen molar-refractivity contribution in [3.8, 4) is 0 Å². The van der Waals surface area contributed by atoms with Crippen molar-refractivity contribution in [2.75, 3.05) is 37.0 Å². The highest BCUT2D eigenvalue weighted by Crippen LogP contribution is 2.56. The molecule has 0 aromatic heterocycles. The van der Waals surface area contributed by atoms with E-state index in [1.54, 1.807) is 0 Å². The monoisotopic (exact) mass is 1350 g/mol. The average molecular weight is 1350 g/mol. The molecule has 0 N–H and O–H groups in total. The predicted octanol–water partition coefficient (Wildman–Crippen LogP) is 34.0. The van der Waals surface area contributed by atoms with Crippen molar-refractivity contribution >= 4 is 21.4 Å². The Labute approximate surface area is 580 Å². The molecule has 0 rings (SSSR count). The van der Waals surface area contributed by atoms with E-state index in [1.807, 2.05) is 0 Å². The third kappa shape index (κ3) is 77.7. The third-order valence-electron chi connectivity index (χ3n) is 20.9. The van der Waals surface area contributed by atoms with Crippen LogP contribution in [0.1, 0.15) is 504 Å². The average Bonchev–Trinajstić information content (AvgIpc) is 0.835. The van der Waals surface area contributed by atoms with Crippen LogP contribution < -0.4 is 4.17 Å². The second-order valence-corrected chi connectivity index (χ2v) is 38.2. The predicted molar refractivity (Wildman–Crippen MR) is 422 cm³/mol. The smallest absolute Gasteiger partial charge is 0.418 e. The summed E-state index contributed by atoms with van der Waals surface area (Å²) in [6.45, 7) is 14.2. The highest BCUT2D eigenvalue weighted by molar-refractivity contribution is 7.73. The topological polar surface area (TPSA) is 14.1 Å². The molecule has 0 saturated heterocycles. The van der Waals surface area contributed by atoms with Crippen LogP contribution >= 0.6 is 14.1 Å². The van der Waals surface area contributed by atoms with Crippen molar-refractivity contribution in [2.45, 2.75) is 504 Å². The lowest BCUT2D eigenvalue weighted by atomic mass is 10.1. The molecule has 0 spiro atoms. The van der Waals surface area contributed by atoms with Crippen molar-refractivity contribution in [1.82, 2.24) is 4.17 Å². The Morgan fingerprint density at radius 3 is 0.315 bits per heavy atom. The number of rotatable bonds is 78. The maximum Gasteiger partial charge on any atom is 0.673 e. The molecule has 92 heavy (non-hydrogen) atoms. The van der Waals surface area contributed by atoms with E-state index in [2.05, 4.69) is 41.5 Å². The number of hydrogen-bond acceptors (Lipinski definition) is 0. The van der Waals surface area contributed by atoms with Crippen LogP contribution in [0.2, 0.25) is 0 Å². The second kappa shape index (κ2) is 78.7. The van der Waals surface area contributed by atoms with Crippen molar-refractivity contribution in [3.05, 3.63) is 0 Å². The summed E-state index contributed by atoms with van der Waals surface area (Å²) in [7, 11) is -8.87. The van der Waals surface area contributed by atoms with Crippen LogP contribution in [0, 0.1) is 0 Å². The Morgan fingerprint density at radius 2 is 0.228 bits per heavy atom. The molecule has 8 heteroatoms. The van der Waals surface area contributed by atoms with E-state index in [0.29, 0.717) is 0 Å². The van der Waals surface area contributed by atoms with E-state index in [4.69, 9.17) is 4.17 Å². The molecule has 0 radical (unpaired) electrons. The summed E-state index contributed by atoms with van der Waals surface area (Å²) in [4.78, 5) is 0. The number of unbranched alkanes of at least 4 members (excludes halogenated alkanes) is 66. The summed E-state index contributed by atoms with van der Waals surface area (Å²) in [5.74, 6) is 0. The van der Waals surface area contributed by atoms with Gasteiger partial charge in [0.15, 0.2) is 0 Å². The van der Waals surface area contributed by atoms with Crippen LogP contribution in [-0.2, 0) is 0 Å². The molecular weight excluding hydrogens is 1170 g/mol. The molecule has 0 fully saturated rings. The molecule has 0 aliphatic rings. The van der Waals surface area contributed by atoms with Crippen LogP contribution in [-0.4, -0.2) is 44.2 Å². The zero-order valence-electron chi connectivity index (χ0n) is 64.6. The van der Waals surface area contributed by atoms with Gasteiger partial charge in [0.2, 0.25) is 14.1 Å². The summed E-state index contributed by atoms with van der Waals surface area (Å²) in [6.07, 6.45) is 115. The molecule has 0 amide bonds. The molecule has 0 aromatic rings. The molecule has 0 aliphatic carbocycles. The lowest BCUT2D eigenvalue weighted by Gasteiger charge is -2.20. The van der Waals surface area contributed by atoms with Gasteiger partial charge in [-0.3, -0.25) is 0 Å². The summed E-state index contributed by atoms with van der Waals surface area (Å²) >= 11 is 0. The van der Waals surface area contributed by atoms with E-state index in [9.17, 15) is 17.3 Å². The van der Waals surface area contributed by atoms with E-state index >= 15 is 0 Å². The Hall–Kier alpha value is 0.355. The molecule has 556 valence electrons. The molecule has 0 saturated carbocycles. The first-order valence-electron chi connectivity index (χ1n) is 43.4. The van der Waals surface area contributed by atoms with Crippen molar-refractivity contribution in [2.24, 2.45) is 0 Å². The summed E-state index contributed by atoms with van der Waals surface area (Å²) in [5.41, 5.74) is 0. The van der Waals surface area contributed by atoms with Gasteiger partial charge in [-0.25, -0.2) is 0 Å². The minimum atomic E-state index is -6.00. The summed E-state index contributed by atoms with van der Waals surface area (Å²) in [6, 6.07) is 0. The zero-order chi connectivity index (χ0) is 67.4. The van der Waals surface area contributed by atoms with Gasteiger partial charge in [-0.1, -0.05) is 465 Å². The highest BCUT2D eigenvalue weighted by Gasteiger charge is 2.35. The fraction of sp³-hybridized carbons (Fsp3) is 1.00. The lowest BCUT2D eigenvalue weighted by molar-refractivity contribution is 0.368. The zero-order valence-corrected chi connectivity index (χ0v) is 66.4. The number of halogens is 4. The number of hydrogen-bond donors (Lipinski definition) is 0. The van der Waals surface area contributed by atoms with Gasteiger partial charge in [0.05, 0.1) is 0 Å². The van der Waals surface area contributed by atoms with Gasteiger partial charge in [-0.05, 0) is 38.5 Å². The van der Waals surface area contributed by atoms with E-state index in [1.165, 1.54) is 499 Å². The molecule has 0 atom stereocenters. The third-order valence-corrected chi connectivity index (χ3v) is 30.9. The van der Waals surface area contributed by atoms with Gasteiger partial charge in [0, 0.05) is 37.0 Å². The van der Waals surface area contributed by atoms with Crippen LogP contribution in [0.3, 0.4) is 0 Å². The molecule has 0 aromatic carbocycles. The molecule has 0 bridgehead atoms. The summed E-state index contributed by atoms with van der Waals surface area (Å²) < 4.78 is 46.1. The minimum Gasteiger partial charge on any atom is -0.418 e. The maximum atomic E-state index is 9.75. The van der Waals surface area contributed by atoms with Crippen LogP contribution in [0.25, 0.3) is 0 Å². The van der Waals surface area contributed by atoms with Gasteiger partial charge in [-0.15, -0.1) is 0 Å². The van der Waals surface area contributed by atoms with Gasteiger partial charge >= 0.3 is 7.25 Å². The maximum absolute atomic E-state index is 9.75. The highest BCUT2D eigenvalue weighted by atomic mass is 31.2. The lowest BCUT2D eigenvalue weighted by Crippen LogP contribution is -2.10. The van der Waals surface area contributed by atoms with Gasteiger partial charge in [-0.2, -0.15) is 4.17 Å². The first-order valence-corrected chi connectivity index (χ1v) is 48.0. The summed E-state index contributed by atoms with van der Waals surface area (Å²) in [5, 5.41) is 0. The normalized spacial score (nSPS) is 12.1. The van der Waals surface area contributed by atoms with E-state index in [-0.39, 0.29) is 0 Å². The minimum absolute atomic E-state index is 1.37. The fourth-order valence-corrected chi connectivity index (χ4v) is 26.4. The van der Waals surface area contributed by atoms with E-state index < -0.39 is 21.4 Å². The fourth-order valence-electron chi connectivity index (χ4n) is 14.8. The van der Waals surface area contributed by atoms with Crippen LogP contribution in [0.5, 0.6) is 0 Å². The van der Waals surface area contributed by atoms with Crippen molar-refractivity contribution in [1.29, 1.82) is 0 Å². The SMILES string of the molecule is CCCCCCCCCCCCCCP(CCCCCCCCCCCCCC)(CCCCCCCCCCCCCC)=[N+]=P(CCCCCCCCCCCCCC)(CCCCCCCCCCCCCC)CCCCCCCCCCCCCC.F[B-](F)(F)F. The molecular formula is C84H174BF4NP2. The Bertz CT molecular complexity index is 1230. The number of nitrogens with zero attached hydrogens (tertiary/aromatic N) is 1. The van der Waals surface area contributed by atoms with Gasteiger partial charge in [0.25, 0.3) is 0 Å². The van der Waals surface area contributed by atoms with Crippen LogP contribution in [0.15, 0.2) is 0 Å². The largest absolute Gasteiger partial charge is 0.673 e. The van der Waals surface area contributed by atoms with Gasteiger partial charge in [0.1, 0.15) is 0 Å². The Kier molecular flexibility index (Phi) is 80.8. The molecule has 0 heterocycles. The second-order valence-electron chi connectivity index (χ2n) is 30.5. The first kappa shape index (κ1) is 94.4. The van der Waals surface area contributed by atoms with Crippen LogP contribution in [0.4, 0.5) is 17.3 Å². The first-order chi connectivity index (χ1) is 45.1. The van der Waals surface area contributed by atoms with Crippen molar-refractivity contribution < 1.29 is 17.3 Å². The van der Waals surface area contributed by atoms with Crippen molar-refractivity contribution in [3.63, 3.8) is 0 Å². The Balaban J connectivity index is 0. The quantitative estimate of drug-likeness (QED) is 0.0189.